The first-order valence-corrected chi connectivity index (χ1v) is 25.3. The molecule has 5 unspecified atom stereocenters. The number of carbonyl (C=O) groups is 2. The Hall–Kier alpha value is -3.10. The van der Waals surface area contributed by atoms with E-state index in [1.807, 2.05) is 39.8 Å². The van der Waals surface area contributed by atoms with Gasteiger partial charge in [-0.3, -0.25) is 0 Å². The van der Waals surface area contributed by atoms with Crippen LogP contribution in [0.5, 0.6) is 11.5 Å². The summed E-state index contributed by atoms with van der Waals surface area (Å²) >= 11 is 0. The zero-order chi connectivity index (χ0) is 53.7. The minimum Gasteiger partial charge on any atom is -0.507 e. The van der Waals surface area contributed by atoms with E-state index in [0.29, 0.717) is 36.8 Å². The summed E-state index contributed by atoms with van der Waals surface area (Å²) < 4.78 is 11.7. The van der Waals surface area contributed by atoms with E-state index in [0.717, 1.165) is 11.1 Å². The SMILES string of the molecule is CCC(O)CC1CC(O)CC=C[C@@H](O)C[C@@H](O)CC(C)=CC=CC=CC=Cc2cccc(O)c2C(=O)OC(CC(C)C)CC(O)CC=C[C@@H](O)C[C@@H](O)CC(C)=CC=CC=CC=Cc2cccc(O)c2C(=O)O1.S.S.S.S.S.S.S.S. The summed E-state index contributed by atoms with van der Waals surface area (Å²) in [7, 11) is 0. The number of carbonyl (C=O) groups excluding carboxylic acids is 2. The first-order chi connectivity index (χ1) is 34.8. The van der Waals surface area contributed by atoms with Crippen molar-refractivity contribution in [2.75, 3.05) is 0 Å². The zero-order valence-corrected chi connectivity index (χ0v) is 55.1. The van der Waals surface area contributed by atoms with Crippen LogP contribution in [0.4, 0.5) is 0 Å². The van der Waals surface area contributed by atoms with E-state index in [2.05, 4.69) is 0 Å². The molecule has 3 rings (SSSR count). The second-order valence-electron chi connectivity index (χ2n) is 19.2. The fourth-order valence-corrected chi connectivity index (χ4v) is 8.13. The Labute approximate surface area is 537 Å². The van der Waals surface area contributed by atoms with Crippen LogP contribution in [0.1, 0.15) is 137 Å². The van der Waals surface area contributed by atoms with E-state index < -0.39 is 66.9 Å². The summed E-state index contributed by atoms with van der Waals surface area (Å²) in [4.78, 5) is 27.1. The van der Waals surface area contributed by atoms with E-state index in [9.17, 15) is 55.5 Å². The molecular formula is C60H96O13S8. The van der Waals surface area contributed by atoms with Gasteiger partial charge in [0.2, 0.25) is 0 Å². The van der Waals surface area contributed by atoms with Gasteiger partial charge < -0.3 is 55.4 Å². The topological polar surface area (TPSA) is 235 Å². The molecule has 13 nitrogen and oxygen atoms in total. The number of cyclic esters (lactones) is 2. The lowest BCUT2D eigenvalue weighted by atomic mass is 9.98. The summed E-state index contributed by atoms with van der Waals surface area (Å²) in [5, 5.41) is 96.5. The van der Waals surface area contributed by atoms with Crippen molar-refractivity contribution in [1.29, 1.82) is 0 Å². The minimum absolute atomic E-state index is 0. The largest absolute Gasteiger partial charge is 0.507 e. The average molecular weight is 1280 g/mol. The summed E-state index contributed by atoms with van der Waals surface area (Å²) in [5.74, 6) is -1.95. The van der Waals surface area contributed by atoms with Crippen molar-refractivity contribution < 1.29 is 65.0 Å². The molecule has 1 aliphatic rings. The summed E-state index contributed by atoms with van der Waals surface area (Å²) in [6, 6.07) is 9.32. The summed E-state index contributed by atoms with van der Waals surface area (Å²) in [6.45, 7) is 9.46. The summed E-state index contributed by atoms with van der Waals surface area (Å²) in [6.07, 6.45) is 24.9. The Morgan fingerprint density at radius 3 is 1.23 bits per heavy atom. The number of fused-ring (bicyclic) bond motifs is 2. The number of rotatable bonds is 5. The van der Waals surface area contributed by atoms with Gasteiger partial charge in [0.05, 0.1) is 42.7 Å². The third-order valence-corrected chi connectivity index (χ3v) is 11.8. The fourth-order valence-electron chi connectivity index (χ4n) is 8.13. The molecule has 0 amide bonds. The van der Waals surface area contributed by atoms with Gasteiger partial charge in [-0.15, -0.1) is 0 Å². The summed E-state index contributed by atoms with van der Waals surface area (Å²) in [5.41, 5.74) is 2.48. The van der Waals surface area contributed by atoms with E-state index in [1.165, 1.54) is 24.3 Å². The molecule has 0 spiro atoms. The van der Waals surface area contributed by atoms with Crippen LogP contribution in [0.2, 0.25) is 0 Å². The third kappa shape index (κ3) is 37.8. The standard InChI is InChI=1S/C60H80O13.8H2S/c1-6-46(61)38-54-40-50(65)30-20-28-48(63)37-52(67)35-43(5)21-13-9-7-11-15-23-44-25-17-31-55(68)57(44)59(70)72-53(33-41(2)3)39-49(64)29-19-27-47(62)36-51(66)34-42(4)22-14-10-8-12-16-24-45-26-18-32-56(69)58(45)60(71)73-54;;;;;;;;/h7-28,31-32,41,46-54,61-69H,6,29-30,33-40H2,1-5H3;8*1H2/t46?,47-,48-,49?,50?,51+,52+,53?,54?;;;;;;;;/m1......../s1. The van der Waals surface area contributed by atoms with Crippen molar-refractivity contribution in [2.45, 2.75) is 160 Å². The van der Waals surface area contributed by atoms with Gasteiger partial charge in [-0.05, 0) is 81.5 Å². The second-order valence-corrected chi connectivity index (χ2v) is 19.2. The highest BCUT2D eigenvalue weighted by molar-refractivity contribution is 7.60. The molecule has 9 N–H and O–H groups in total. The number of phenolic OH excluding ortho intramolecular Hbond substituents is 2. The Bertz CT molecular complexity index is 2350. The maximum atomic E-state index is 13.6. The van der Waals surface area contributed by atoms with Gasteiger partial charge in [0.25, 0.3) is 0 Å². The monoisotopic (exact) mass is 1280 g/mol. The van der Waals surface area contributed by atoms with Crippen LogP contribution in [-0.2, 0) is 9.47 Å². The molecule has 9 atom stereocenters. The van der Waals surface area contributed by atoms with Gasteiger partial charge >= 0.3 is 11.9 Å². The molecule has 0 saturated carbocycles. The Morgan fingerprint density at radius 2 is 0.864 bits per heavy atom. The highest BCUT2D eigenvalue weighted by Gasteiger charge is 2.26. The number of hydrogen-bond acceptors (Lipinski definition) is 13. The van der Waals surface area contributed by atoms with Crippen LogP contribution in [0, 0.1) is 5.92 Å². The van der Waals surface area contributed by atoms with Gasteiger partial charge in [-0.2, -0.15) is 108 Å². The number of aromatic hydroxyl groups is 2. The molecule has 0 fully saturated rings. The molecule has 0 radical (unpaired) electrons. The Morgan fingerprint density at radius 1 is 0.506 bits per heavy atom. The second kappa shape index (κ2) is 50.2. The predicted octanol–water partition coefficient (Wildman–Crippen LogP) is 10.5. The van der Waals surface area contributed by atoms with Crippen LogP contribution in [0.3, 0.4) is 0 Å². The maximum Gasteiger partial charge on any atom is 0.342 e. The highest BCUT2D eigenvalue weighted by Crippen LogP contribution is 2.28. The van der Waals surface area contributed by atoms with E-state index in [1.54, 1.807) is 116 Å². The molecule has 0 aromatic heterocycles. The predicted molar refractivity (Wildman–Crippen MR) is 371 cm³/mol. The lowest BCUT2D eigenvalue weighted by Gasteiger charge is -2.23. The van der Waals surface area contributed by atoms with Crippen LogP contribution in [0.25, 0.3) is 12.2 Å². The van der Waals surface area contributed by atoms with Crippen LogP contribution < -0.4 is 0 Å². The van der Waals surface area contributed by atoms with Crippen molar-refractivity contribution in [3.63, 3.8) is 0 Å². The molecule has 1 heterocycles. The number of hydrogen-bond donors (Lipinski definition) is 9. The fraction of sp³-hybridized carbons (Fsp3) is 0.433. The number of aliphatic hydroxyl groups is 7. The number of allylic oxidation sites excluding steroid dienone is 12. The van der Waals surface area contributed by atoms with Crippen LogP contribution in [0.15, 0.2) is 145 Å². The van der Waals surface area contributed by atoms with Crippen molar-refractivity contribution in [3.8, 4) is 11.5 Å². The molecule has 462 valence electrons. The quantitative estimate of drug-likeness (QED) is 0.100. The minimum atomic E-state index is -1.00. The van der Waals surface area contributed by atoms with Gasteiger partial charge in [0.15, 0.2) is 0 Å². The van der Waals surface area contributed by atoms with Crippen LogP contribution >= 0.6 is 108 Å². The van der Waals surface area contributed by atoms with E-state index in [-0.39, 0.29) is 181 Å². The Kier molecular flexibility index (Phi) is 55.3. The molecule has 0 aliphatic carbocycles. The number of aliphatic hydroxyl groups excluding tert-OH is 7. The smallest absolute Gasteiger partial charge is 0.342 e. The lowest BCUT2D eigenvalue weighted by Crippen LogP contribution is -2.28. The van der Waals surface area contributed by atoms with Crippen LogP contribution in [-0.4, -0.2) is 113 Å². The van der Waals surface area contributed by atoms with E-state index in [4.69, 9.17) is 9.47 Å². The van der Waals surface area contributed by atoms with Gasteiger partial charge in [0.1, 0.15) is 34.8 Å². The normalized spacial score (nSPS) is 22.7. The molecule has 0 saturated heterocycles. The van der Waals surface area contributed by atoms with Crippen molar-refractivity contribution >= 4 is 132 Å². The number of esters is 2. The van der Waals surface area contributed by atoms with Crippen molar-refractivity contribution in [2.24, 2.45) is 5.92 Å². The maximum absolute atomic E-state index is 13.6. The highest BCUT2D eigenvalue weighted by atomic mass is 32.1. The molecule has 2 aromatic carbocycles. The molecule has 0 bridgehead atoms. The number of ether oxygens (including phenoxy) is 2. The molecule has 2 aromatic rings. The van der Waals surface area contributed by atoms with Crippen molar-refractivity contribution in [1.82, 2.24) is 0 Å². The molecular weight excluding hydrogens is 1190 g/mol. The van der Waals surface area contributed by atoms with Crippen molar-refractivity contribution in [3.05, 3.63) is 167 Å². The molecule has 81 heavy (non-hydrogen) atoms. The first-order valence-electron chi connectivity index (χ1n) is 25.3. The average Bonchev–Trinajstić information content (AvgIpc) is 3.30. The third-order valence-electron chi connectivity index (χ3n) is 11.8. The van der Waals surface area contributed by atoms with Gasteiger partial charge in [-0.1, -0.05) is 166 Å². The van der Waals surface area contributed by atoms with Gasteiger partial charge in [-0.25, -0.2) is 9.59 Å². The van der Waals surface area contributed by atoms with Gasteiger partial charge in [0, 0.05) is 32.1 Å². The molecule has 1 aliphatic heterocycles. The number of benzene rings is 2. The first kappa shape index (κ1) is 89.1. The Balaban J connectivity index is -0.00000176. The zero-order valence-electron chi connectivity index (χ0n) is 47.1. The molecule has 21 heteroatoms. The number of phenols is 2. The lowest BCUT2D eigenvalue weighted by molar-refractivity contribution is -0.00293. The van der Waals surface area contributed by atoms with E-state index >= 15 is 0 Å².